The van der Waals surface area contributed by atoms with E-state index in [-0.39, 0.29) is 36.6 Å². The molecule has 1 aromatic heterocycles. The monoisotopic (exact) mass is 429 g/mol. The summed E-state index contributed by atoms with van der Waals surface area (Å²) in [4.78, 5) is 18.6. The molecule has 1 saturated carbocycles. The van der Waals surface area contributed by atoms with Crippen molar-refractivity contribution in [1.29, 1.82) is 0 Å². The summed E-state index contributed by atoms with van der Waals surface area (Å²) in [5.74, 6) is -0.0831. The van der Waals surface area contributed by atoms with Crippen LogP contribution in [0.15, 0.2) is 36.5 Å². The lowest BCUT2D eigenvalue weighted by molar-refractivity contribution is 0.0957. The maximum atomic E-state index is 14.1. The third-order valence-electron chi connectivity index (χ3n) is 6.78. The number of nitrogens with one attached hydrogen (secondary N) is 3. The number of halogens is 2. The second-order valence-electron chi connectivity index (χ2n) is 8.57. The van der Waals surface area contributed by atoms with Crippen molar-refractivity contribution in [3.05, 3.63) is 59.3 Å². The van der Waals surface area contributed by atoms with Crippen molar-refractivity contribution in [3.63, 3.8) is 0 Å². The summed E-state index contributed by atoms with van der Waals surface area (Å²) in [6.07, 6.45) is 3.57. The van der Waals surface area contributed by atoms with Gasteiger partial charge in [-0.2, -0.15) is 0 Å². The first-order chi connectivity index (χ1) is 15.0. The predicted octanol–water partition coefficient (Wildman–Crippen LogP) is 2.51. The van der Waals surface area contributed by atoms with Crippen molar-refractivity contribution in [2.24, 2.45) is 11.8 Å². The number of carbonyl (C=O) groups is 1. The highest BCUT2D eigenvalue weighted by atomic mass is 19.1. The second kappa shape index (κ2) is 8.05. The molecule has 0 bridgehead atoms. The highest BCUT2D eigenvalue weighted by Crippen LogP contribution is 2.42. The number of urea groups is 1. The molecule has 2 saturated heterocycles. The maximum Gasteiger partial charge on any atom is 0.317 e. The van der Waals surface area contributed by atoms with Crippen molar-refractivity contribution in [2.45, 2.75) is 37.5 Å². The lowest BCUT2D eigenvalue weighted by Crippen LogP contribution is -2.60. The van der Waals surface area contributed by atoms with Crippen LogP contribution in [0.25, 0.3) is 0 Å². The van der Waals surface area contributed by atoms with E-state index in [1.165, 1.54) is 12.1 Å². The fourth-order valence-corrected chi connectivity index (χ4v) is 5.17. The third-order valence-corrected chi connectivity index (χ3v) is 6.78. The Hall–Kier alpha value is -2.78. The molecular weight excluding hydrogens is 404 g/mol. The van der Waals surface area contributed by atoms with Crippen molar-refractivity contribution < 1.29 is 18.3 Å². The average Bonchev–Trinajstić information content (AvgIpc) is 3.17. The van der Waals surface area contributed by atoms with Crippen LogP contribution in [0.3, 0.4) is 0 Å². The lowest BCUT2D eigenvalue weighted by Gasteiger charge is -2.45. The number of amides is 2. The van der Waals surface area contributed by atoms with E-state index in [0.717, 1.165) is 24.5 Å². The number of aromatic nitrogens is 1. The molecule has 5 rings (SSSR count). The van der Waals surface area contributed by atoms with Crippen molar-refractivity contribution in [3.8, 4) is 5.88 Å². The zero-order valence-corrected chi connectivity index (χ0v) is 17.1. The molecule has 164 valence electrons. The fourth-order valence-electron chi connectivity index (χ4n) is 5.17. The van der Waals surface area contributed by atoms with Crippen molar-refractivity contribution in [2.75, 3.05) is 13.7 Å². The van der Waals surface area contributed by atoms with Crippen LogP contribution in [0.2, 0.25) is 0 Å². The van der Waals surface area contributed by atoms with Crippen LogP contribution in [-0.4, -0.2) is 41.7 Å². The highest BCUT2D eigenvalue weighted by molar-refractivity contribution is 5.75. The molecule has 3 fully saturated rings. The Labute approximate surface area is 179 Å². The summed E-state index contributed by atoms with van der Waals surface area (Å²) in [5.41, 5.74) is 8.19. The molecule has 3 aliphatic rings. The second-order valence-corrected chi connectivity index (χ2v) is 8.57. The first-order valence-electron chi connectivity index (χ1n) is 10.5. The van der Waals surface area contributed by atoms with E-state index in [1.807, 2.05) is 18.3 Å². The molecule has 31 heavy (non-hydrogen) atoms. The minimum atomic E-state index is -0.630. The van der Waals surface area contributed by atoms with Gasteiger partial charge in [0.05, 0.1) is 19.7 Å². The molecule has 5 atom stereocenters. The standard InChI is InChI=1S/C22H25F2N5O2/c1-31-20-5-3-12(9-25-20)21-16-6-14-11-29(10-13-2-4-15(23)7-17(13)24)22(30)26-18(14)8-19(16)27-28-21/h2-5,7,9,14,16,18-19,21,27-28H,6,8,10-11H2,1H3,(H,26,30). The number of hydrogen-bond donors (Lipinski definition) is 3. The number of nitrogens with zero attached hydrogens (tertiary/aromatic N) is 2. The molecule has 1 aliphatic carbocycles. The summed E-state index contributed by atoms with van der Waals surface area (Å²) in [7, 11) is 1.59. The van der Waals surface area contributed by atoms with Crippen LogP contribution in [0.5, 0.6) is 5.88 Å². The smallest absolute Gasteiger partial charge is 0.317 e. The summed E-state index contributed by atoms with van der Waals surface area (Å²) in [6.45, 7) is 0.668. The number of pyridine rings is 1. The topological polar surface area (TPSA) is 78.5 Å². The number of benzene rings is 1. The number of methoxy groups -OCH3 is 1. The number of hydrazine groups is 1. The van der Waals surface area contributed by atoms with E-state index in [4.69, 9.17) is 4.74 Å². The molecule has 2 aliphatic heterocycles. The summed E-state index contributed by atoms with van der Waals surface area (Å²) >= 11 is 0. The van der Waals surface area contributed by atoms with Gasteiger partial charge in [-0.1, -0.05) is 12.1 Å². The van der Waals surface area contributed by atoms with Gasteiger partial charge in [-0.05, 0) is 36.3 Å². The predicted molar refractivity (Wildman–Crippen MR) is 109 cm³/mol. The number of hydrogen-bond acceptors (Lipinski definition) is 5. The summed E-state index contributed by atoms with van der Waals surface area (Å²) < 4.78 is 32.5. The lowest BCUT2D eigenvalue weighted by atomic mass is 9.71. The normalized spacial score (nSPS) is 29.8. The number of carbonyl (C=O) groups excluding carboxylic acids is 1. The van der Waals surface area contributed by atoms with Crippen LogP contribution < -0.4 is 20.9 Å². The Balaban J connectivity index is 1.30. The molecule has 3 N–H and O–H groups in total. The number of ether oxygens (including phenoxy) is 1. The van der Waals surface area contributed by atoms with E-state index in [9.17, 15) is 13.6 Å². The molecule has 0 spiro atoms. The third kappa shape index (κ3) is 3.83. The van der Waals surface area contributed by atoms with Crippen LogP contribution in [0.1, 0.15) is 30.0 Å². The van der Waals surface area contributed by atoms with Gasteiger partial charge in [0.25, 0.3) is 0 Å². The molecule has 9 heteroatoms. The van der Waals surface area contributed by atoms with E-state index in [2.05, 4.69) is 21.2 Å². The zero-order valence-electron chi connectivity index (χ0n) is 17.1. The van der Waals surface area contributed by atoms with Gasteiger partial charge in [-0.15, -0.1) is 0 Å². The van der Waals surface area contributed by atoms with E-state index < -0.39 is 11.6 Å². The van der Waals surface area contributed by atoms with Crippen LogP contribution in [-0.2, 0) is 6.54 Å². The van der Waals surface area contributed by atoms with Crippen molar-refractivity contribution in [1.82, 2.24) is 26.1 Å². The average molecular weight is 429 g/mol. The zero-order chi connectivity index (χ0) is 21.5. The van der Waals surface area contributed by atoms with Gasteiger partial charge in [0.15, 0.2) is 0 Å². The quantitative estimate of drug-likeness (QED) is 0.696. The Morgan fingerprint density at radius 2 is 2.03 bits per heavy atom. The van der Waals surface area contributed by atoms with Gasteiger partial charge in [0.2, 0.25) is 5.88 Å². The van der Waals surface area contributed by atoms with Gasteiger partial charge < -0.3 is 15.0 Å². The maximum absolute atomic E-state index is 14.1. The minimum Gasteiger partial charge on any atom is -0.481 e. The van der Waals surface area contributed by atoms with Gasteiger partial charge in [-0.25, -0.2) is 24.0 Å². The van der Waals surface area contributed by atoms with E-state index in [0.29, 0.717) is 23.9 Å². The van der Waals surface area contributed by atoms with Crippen LogP contribution in [0, 0.1) is 23.5 Å². The molecule has 1 aromatic carbocycles. The SMILES string of the molecule is COc1ccc(C2NNC3CC4NC(=O)N(Cc5ccc(F)cc5F)CC4CC32)cn1. The van der Waals surface area contributed by atoms with Gasteiger partial charge in [0.1, 0.15) is 11.6 Å². The first kappa shape index (κ1) is 20.1. The Morgan fingerprint density at radius 1 is 1.16 bits per heavy atom. The Bertz CT molecular complexity index is 973. The molecule has 7 nitrogen and oxygen atoms in total. The number of fused-ring (bicyclic) bond motifs is 2. The van der Waals surface area contributed by atoms with Crippen molar-refractivity contribution >= 4 is 6.03 Å². The Morgan fingerprint density at radius 3 is 2.77 bits per heavy atom. The summed E-state index contributed by atoms with van der Waals surface area (Å²) in [6, 6.07) is 7.59. The minimum absolute atomic E-state index is 0.0742. The van der Waals surface area contributed by atoms with Gasteiger partial charge in [-0.3, -0.25) is 5.43 Å². The van der Waals surface area contributed by atoms with Gasteiger partial charge >= 0.3 is 6.03 Å². The van der Waals surface area contributed by atoms with Crippen LogP contribution >= 0.6 is 0 Å². The molecular formula is C22H25F2N5O2. The van der Waals surface area contributed by atoms with Crippen LogP contribution in [0.4, 0.5) is 13.6 Å². The Kier molecular flexibility index (Phi) is 5.23. The molecule has 0 radical (unpaired) electrons. The number of rotatable bonds is 4. The molecule has 2 aromatic rings. The van der Waals surface area contributed by atoms with E-state index in [1.54, 1.807) is 12.0 Å². The highest BCUT2D eigenvalue weighted by Gasteiger charge is 2.47. The summed E-state index contributed by atoms with van der Waals surface area (Å²) in [5, 5.41) is 3.10. The first-order valence-corrected chi connectivity index (χ1v) is 10.5. The molecule has 5 unspecified atom stereocenters. The molecule has 3 heterocycles. The van der Waals surface area contributed by atoms with Gasteiger partial charge in [0, 0.05) is 42.5 Å². The largest absolute Gasteiger partial charge is 0.481 e. The van der Waals surface area contributed by atoms with E-state index >= 15 is 0 Å². The fraction of sp³-hybridized carbons (Fsp3) is 0.455. The molecule has 2 amide bonds.